The minimum atomic E-state index is 1.02. The summed E-state index contributed by atoms with van der Waals surface area (Å²) in [7, 11) is 0. The molecule has 0 aromatic heterocycles. The van der Waals surface area contributed by atoms with Crippen molar-refractivity contribution in [3.8, 4) is 0 Å². The van der Waals surface area contributed by atoms with Gasteiger partial charge < -0.3 is 0 Å². The van der Waals surface area contributed by atoms with Gasteiger partial charge in [-0.3, -0.25) is 0 Å². The highest BCUT2D eigenvalue weighted by molar-refractivity contribution is 5.05. The monoisotopic (exact) mass is 108 g/mol. The summed E-state index contributed by atoms with van der Waals surface area (Å²) in [5.74, 6) is 0. The lowest BCUT2D eigenvalue weighted by molar-refractivity contribution is 1.58. The highest BCUT2D eigenvalue weighted by Crippen LogP contribution is 1.81. The van der Waals surface area contributed by atoms with E-state index in [-0.39, 0.29) is 0 Å². The molecule has 0 unspecified atom stereocenters. The van der Waals surface area contributed by atoms with Crippen LogP contribution in [0, 0.1) is 0 Å². The van der Waals surface area contributed by atoms with E-state index in [0.29, 0.717) is 0 Å². The fourth-order valence-electron chi connectivity index (χ4n) is 0. The van der Waals surface area contributed by atoms with E-state index >= 15 is 0 Å². The summed E-state index contributed by atoms with van der Waals surface area (Å²) in [5.41, 5.74) is 3.27. The fourth-order valence-corrected chi connectivity index (χ4v) is 0. The van der Waals surface area contributed by atoms with Crippen molar-refractivity contribution in [3.05, 3.63) is 43.7 Å². The van der Waals surface area contributed by atoms with Crippen molar-refractivity contribution >= 4 is 0 Å². The SMILES string of the molecule is C=C=C.C=CC(=C)C. The Morgan fingerprint density at radius 1 is 1.50 bits per heavy atom. The molecule has 0 aliphatic carbocycles. The number of hydrogen-bond donors (Lipinski definition) is 0. The molecule has 0 atom stereocenters. The van der Waals surface area contributed by atoms with Crippen LogP contribution in [0.1, 0.15) is 6.92 Å². The maximum Gasteiger partial charge on any atom is -0.0404 e. The highest BCUT2D eigenvalue weighted by Gasteiger charge is 1.59. The van der Waals surface area contributed by atoms with Crippen molar-refractivity contribution < 1.29 is 0 Å². The van der Waals surface area contributed by atoms with Gasteiger partial charge >= 0.3 is 0 Å². The smallest absolute Gasteiger partial charge is 0.0404 e. The third kappa shape index (κ3) is 80.0. The molecule has 44 valence electrons. The van der Waals surface area contributed by atoms with E-state index in [1.54, 1.807) is 6.08 Å². The molecule has 0 saturated heterocycles. The molecule has 0 spiro atoms. The third-order valence-electron chi connectivity index (χ3n) is 0.348. The zero-order valence-corrected chi connectivity index (χ0v) is 5.41. The summed E-state index contributed by atoms with van der Waals surface area (Å²) in [6.45, 7) is 15.2. The van der Waals surface area contributed by atoms with Gasteiger partial charge in [0.05, 0.1) is 0 Å². The van der Waals surface area contributed by atoms with Crippen LogP contribution >= 0.6 is 0 Å². The first-order chi connectivity index (χ1) is 3.68. The van der Waals surface area contributed by atoms with Crippen LogP contribution in [-0.4, -0.2) is 0 Å². The lowest BCUT2D eigenvalue weighted by Gasteiger charge is -1.71. The zero-order valence-electron chi connectivity index (χ0n) is 5.41. The average Bonchev–Trinajstić information content (AvgIpc) is 1.69. The van der Waals surface area contributed by atoms with Gasteiger partial charge in [0.25, 0.3) is 0 Å². The van der Waals surface area contributed by atoms with Gasteiger partial charge in [-0.15, -0.1) is 5.73 Å². The quantitative estimate of drug-likeness (QED) is 0.358. The van der Waals surface area contributed by atoms with Gasteiger partial charge in [0, 0.05) is 0 Å². The Morgan fingerprint density at radius 2 is 1.62 bits per heavy atom. The molecule has 0 aromatic rings. The summed E-state index contributed by atoms with van der Waals surface area (Å²) in [6.07, 6.45) is 1.72. The molecule has 0 fully saturated rings. The second-order valence-electron chi connectivity index (χ2n) is 1.30. The lowest BCUT2D eigenvalue weighted by Crippen LogP contribution is -1.50. The summed E-state index contributed by atoms with van der Waals surface area (Å²) in [4.78, 5) is 0. The van der Waals surface area contributed by atoms with Gasteiger partial charge in [0.15, 0.2) is 0 Å². The van der Waals surface area contributed by atoms with E-state index in [1.807, 2.05) is 6.92 Å². The zero-order chi connectivity index (χ0) is 6.99. The predicted molar refractivity (Wildman–Crippen MR) is 39.8 cm³/mol. The van der Waals surface area contributed by atoms with E-state index in [2.05, 4.69) is 32.0 Å². The Labute approximate surface area is 51.5 Å². The van der Waals surface area contributed by atoms with Crippen LogP contribution < -0.4 is 0 Å². The van der Waals surface area contributed by atoms with Crippen LogP contribution in [0.2, 0.25) is 0 Å². The van der Waals surface area contributed by atoms with Crippen LogP contribution in [0.5, 0.6) is 0 Å². The van der Waals surface area contributed by atoms with Crippen molar-refractivity contribution in [1.82, 2.24) is 0 Å². The molecule has 0 aromatic carbocycles. The van der Waals surface area contributed by atoms with Gasteiger partial charge in [0.1, 0.15) is 0 Å². The second kappa shape index (κ2) is 9.38. The van der Waals surface area contributed by atoms with Gasteiger partial charge in [-0.05, 0) is 6.92 Å². The molecule has 0 N–H and O–H groups in total. The van der Waals surface area contributed by atoms with E-state index < -0.39 is 0 Å². The van der Waals surface area contributed by atoms with E-state index in [4.69, 9.17) is 0 Å². The molecular formula is C8H12. The van der Waals surface area contributed by atoms with Crippen molar-refractivity contribution in [2.45, 2.75) is 6.92 Å². The van der Waals surface area contributed by atoms with E-state index in [1.165, 1.54) is 0 Å². The molecule has 0 nitrogen and oxygen atoms in total. The van der Waals surface area contributed by atoms with E-state index in [0.717, 1.165) is 5.57 Å². The molecule has 8 heavy (non-hydrogen) atoms. The molecule has 0 rings (SSSR count). The molecule has 0 heteroatoms. The lowest BCUT2D eigenvalue weighted by atomic mass is 10.4. The Balaban J connectivity index is 0. The minimum Gasteiger partial charge on any atom is -0.137 e. The number of allylic oxidation sites excluding steroid dienone is 2. The molecule has 0 heterocycles. The molecule has 0 amide bonds. The first kappa shape index (κ1) is 10.1. The molecule has 0 radical (unpaired) electrons. The summed E-state index contributed by atoms with van der Waals surface area (Å²) >= 11 is 0. The number of hydrogen-bond acceptors (Lipinski definition) is 0. The number of rotatable bonds is 1. The minimum absolute atomic E-state index is 1.02. The van der Waals surface area contributed by atoms with Crippen LogP contribution in [0.25, 0.3) is 0 Å². The average molecular weight is 108 g/mol. The maximum absolute atomic E-state index is 3.56. The van der Waals surface area contributed by atoms with Crippen molar-refractivity contribution in [1.29, 1.82) is 0 Å². The fraction of sp³-hybridized carbons (Fsp3) is 0.125. The van der Waals surface area contributed by atoms with Crippen LogP contribution in [-0.2, 0) is 0 Å². The first-order valence-electron chi connectivity index (χ1n) is 2.26. The highest BCUT2D eigenvalue weighted by atomic mass is 13.7. The van der Waals surface area contributed by atoms with Gasteiger partial charge in [-0.2, -0.15) is 0 Å². The Morgan fingerprint density at radius 3 is 1.62 bits per heavy atom. The van der Waals surface area contributed by atoms with Crippen molar-refractivity contribution in [3.63, 3.8) is 0 Å². The Bertz CT molecular complexity index is 101. The van der Waals surface area contributed by atoms with Gasteiger partial charge in [-0.1, -0.05) is 38.0 Å². The first-order valence-corrected chi connectivity index (χ1v) is 2.26. The van der Waals surface area contributed by atoms with Crippen LogP contribution in [0.4, 0.5) is 0 Å². The molecular weight excluding hydrogens is 96.1 g/mol. The Kier molecular flexibility index (Phi) is 11.8. The standard InChI is InChI=1S/C5H8.C3H4/c1-4-5(2)3;1-3-2/h4H,1-2H2,3H3;1-2H2. The van der Waals surface area contributed by atoms with Crippen LogP contribution in [0.3, 0.4) is 0 Å². The molecule has 0 aliphatic heterocycles. The topological polar surface area (TPSA) is 0 Å². The third-order valence-corrected chi connectivity index (χ3v) is 0.348. The van der Waals surface area contributed by atoms with Crippen molar-refractivity contribution in [2.24, 2.45) is 0 Å². The van der Waals surface area contributed by atoms with Gasteiger partial charge in [0.2, 0.25) is 0 Å². The maximum atomic E-state index is 3.56. The van der Waals surface area contributed by atoms with Crippen LogP contribution in [0.15, 0.2) is 43.7 Å². The Hall–Kier alpha value is -1.00. The summed E-state index contributed by atoms with van der Waals surface area (Å²) < 4.78 is 0. The van der Waals surface area contributed by atoms with Crippen molar-refractivity contribution in [2.75, 3.05) is 0 Å². The molecule has 0 aliphatic rings. The predicted octanol–water partition coefficient (Wildman–Crippen LogP) is 2.71. The summed E-state index contributed by atoms with van der Waals surface area (Å²) in [5, 5.41) is 0. The second-order valence-corrected chi connectivity index (χ2v) is 1.30. The summed E-state index contributed by atoms with van der Waals surface area (Å²) in [6, 6.07) is 0. The van der Waals surface area contributed by atoms with E-state index in [9.17, 15) is 0 Å². The largest absolute Gasteiger partial charge is 0.137 e. The van der Waals surface area contributed by atoms with Gasteiger partial charge in [-0.25, -0.2) is 0 Å². The molecule has 0 saturated carbocycles. The molecule has 0 bridgehead atoms. The normalized spacial score (nSPS) is 5.12.